The first-order valence-electron chi connectivity index (χ1n) is 10.6. The lowest BCUT2D eigenvalue weighted by molar-refractivity contribution is 0.0921. The van der Waals surface area contributed by atoms with Gasteiger partial charge in [0.15, 0.2) is 5.82 Å². The van der Waals surface area contributed by atoms with Crippen molar-refractivity contribution in [3.63, 3.8) is 0 Å². The molecule has 0 spiro atoms. The quantitative estimate of drug-likeness (QED) is 0.513. The fourth-order valence-electron chi connectivity index (χ4n) is 4.31. The average Bonchev–Trinajstić information content (AvgIpc) is 3.39. The molecule has 3 aromatic heterocycles. The van der Waals surface area contributed by atoms with Crippen molar-refractivity contribution < 1.29 is 4.79 Å². The Kier molecular flexibility index (Phi) is 5.30. The zero-order valence-electron chi connectivity index (χ0n) is 17.9. The van der Waals surface area contributed by atoms with E-state index in [-0.39, 0.29) is 23.6 Å². The molecule has 1 aliphatic carbocycles. The average molecular weight is 450 g/mol. The van der Waals surface area contributed by atoms with Crippen molar-refractivity contribution in [3.05, 3.63) is 63.7 Å². The molecule has 1 fully saturated rings. The van der Waals surface area contributed by atoms with Crippen molar-refractivity contribution in [1.82, 2.24) is 33.6 Å². The number of carbonyl (C=O) groups excluding carboxylic acids is 1. The van der Waals surface area contributed by atoms with Gasteiger partial charge in [-0.1, -0.05) is 0 Å². The molecule has 1 N–H and O–H groups in total. The van der Waals surface area contributed by atoms with Crippen LogP contribution < -0.4 is 10.9 Å². The fourth-order valence-corrected chi connectivity index (χ4v) is 4.82. The number of amides is 1. The van der Waals surface area contributed by atoms with Gasteiger partial charge in [0.1, 0.15) is 11.0 Å². The second kappa shape index (κ2) is 8.27. The monoisotopic (exact) mass is 449 g/mol. The summed E-state index contributed by atoms with van der Waals surface area (Å²) in [6, 6.07) is 10.7. The number of aryl methyl sites for hydroxylation is 2. The summed E-state index contributed by atoms with van der Waals surface area (Å²) in [6.07, 6.45) is 3.12. The number of hydrogen-bond donors (Lipinski definition) is 1. The largest absolute Gasteiger partial charge is 0.349 e. The van der Waals surface area contributed by atoms with Gasteiger partial charge < -0.3 is 5.32 Å². The minimum absolute atomic E-state index is 0.00463. The summed E-state index contributed by atoms with van der Waals surface area (Å²) in [7, 11) is 0. The number of fused-ring (bicyclic) bond motifs is 1. The smallest absolute Gasteiger partial charge is 0.267 e. The minimum Gasteiger partial charge on any atom is -0.349 e. The van der Waals surface area contributed by atoms with E-state index in [0.717, 1.165) is 59.8 Å². The van der Waals surface area contributed by atoms with Crippen LogP contribution in [0.3, 0.4) is 0 Å². The Morgan fingerprint density at radius 1 is 1.00 bits per heavy atom. The maximum Gasteiger partial charge on any atom is 0.267 e. The van der Waals surface area contributed by atoms with E-state index in [9.17, 15) is 9.59 Å². The predicted molar refractivity (Wildman–Crippen MR) is 121 cm³/mol. The highest BCUT2D eigenvalue weighted by molar-refractivity contribution is 7.00. The van der Waals surface area contributed by atoms with Gasteiger partial charge >= 0.3 is 0 Å². The molecule has 32 heavy (non-hydrogen) atoms. The summed E-state index contributed by atoms with van der Waals surface area (Å²) in [5.41, 5.74) is 3.88. The molecule has 10 heteroatoms. The topological polar surface area (TPSA) is 108 Å². The molecule has 0 bridgehead atoms. The molecule has 5 rings (SSSR count). The first-order valence-corrected chi connectivity index (χ1v) is 11.4. The van der Waals surface area contributed by atoms with E-state index >= 15 is 0 Å². The molecule has 0 aliphatic heterocycles. The molecule has 0 saturated heterocycles. The van der Waals surface area contributed by atoms with Crippen molar-refractivity contribution in [2.45, 2.75) is 51.6 Å². The van der Waals surface area contributed by atoms with Crippen molar-refractivity contribution in [1.29, 1.82) is 0 Å². The van der Waals surface area contributed by atoms with Crippen LogP contribution in [0.4, 0.5) is 0 Å². The molecule has 4 aromatic rings. The number of carbonyl (C=O) groups is 1. The molecule has 1 saturated carbocycles. The number of hydrogen-bond acceptors (Lipinski definition) is 7. The van der Waals surface area contributed by atoms with E-state index < -0.39 is 0 Å². The Hall–Kier alpha value is -3.40. The first kappa shape index (κ1) is 20.5. The van der Waals surface area contributed by atoms with Crippen molar-refractivity contribution in [2.75, 3.05) is 0 Å². The van der Waals surface area contributed by atoms with Gasteiger partial charge in [-0.2, -0.15) is 13.8 Å². The van der Waals surface area contributed by atoms with Gasteiger partial charge in [0.25, 0.3) is 11.5 Å². The summed E-state index contributed by atoms with van der Waals surface area (Å²) in [5, 5.41) is 12.2. The normalized spacial score (nSPS) is 18.7. The Morgan fingerprint density at radius 2 is 1.78 bits per heavy atom. The van der Waals surface area contributed by atoms with Crippen LogP contribution >= 0.6 is 11.7 Å². The summed E-state index contributed by atoms with van der Waals surface area (Å²) in [5.74, 6) is 0.530. The van der Waals surface area contributed by atoms with E-state index in [1.54, 1.807) is 33.6 Å². The molecule has 0 atom stereocenters. The van der Waals surface area contributed by atoms with Gasteiger partial charge in [0.05, 0.1) is 23.5 Å². The second-order valence-corrected chi connectivity index (χ2v) is 8.79. The van der Waals surface area contributed by atoms with Crippen LogP contribution in [0.2, 0.25) is 0 Å². The van der Waals surface area contributed by atoms with E-state index in [4.69, 9.17) is 0 Å². The molecule has 0 unspecified atom stereocenters. The highest BCUT2D eigenvalue weighted by atomic mass is 32.1. The minimum atomic E-state index is -0.118. The molecular weight excluding hydrogens is 426 g/mol. The van der Waals surface area contributed by atoms with Gasteiger partial charge in [-0.15, -0.1) is 5.10 Å². The maximum atomic E-state index is 12.7. The van der Waals surface area contributed by atoms with Crippen LogP contribution in [0.25, 0.3) is 16.9 Å². The highest BCUT2D eigenvalue weighted by Crippen LogP contribution is 2.27. The third-order valence-corrected chi connectivity index (χ3v) is 6.49. The molecule has 1 aromatic carbocycles. The number of nitrogens with one attached hydrogen (secondary N) is 1. The molecule has 3 heterocycles. The Morgan fingerprint density at radius 3 is 2.53 bits per heavy atom. The predicted octanol–water partition coefficient (Wildman–Crippen LogP) is 2.96. The van der Waals surface area contributed by atoms with Crippen LogP contribution in [0.5, 0.6) is 0 Å². The lowest BCUT2D eigenvalue weighted by atomic mass is 9.91. The molecule has 1 amide bonds. The molecule has 1 aliphatic rings. The molecule has 164 valence electrons. The standard InChI is InChI=1S/C22H23N7O2S/c1-13-11-14(2)28(24-13)20-9-10-21(30)29(25-20)17-6-4-16(5-7-17)23-22(31)15-3-8-18-19(12-15)27-32-26-18/h3,8-12,16-17H,4-7H2,1-2H3,(H,23,31). The van der Waals surface area contributed by atoms with E-state index in [1.165, 1.54) is 0 Å². The Balaban J connectivity index is 1.26. The number of rotatable bonds is 4. The number of nitrogens with zero attached hydrogens (tertiary/aromatic N) is 6. The van der Waals surface area contributed by atoms with Crippen LogP contribution in [0.1, 0.15) is 53.5 Å². The van der Waals surface area contributed by atoms with Gasteiger partial charge in [0, 0.05) is 23.4 Å². The van der Waals surface area contributed by atoms with Crippen LogP contribution in [-0.4, -0.2) is 40.3 Å². The number of aromatic nitrogens is 6. The van der Waals surface area contributed by atoms with Crippen molar-refractivity contribution >= 4 is 28.7 Å². The summed E-state index contributed by atoms with van der Waals surface area (Å²) in [6.45, 7) is 3.90. The fraction of sp³-hybridized carbons (Fsp3) is 0.364. The maximum absolute atomic E-state index is 12.7. The Bertz CT molecular complexity index is 1350. The van der Waals surface area contributed by atoms with Gasteiger partial charge in [0.2, 0.25) is 0 Å². The van der Waals surface area contributed by atoms with Crippen LogP contribution in [-0.2, 0) is 0 Å². The van der Waals surface area contributed by atoms with E-state index in [2.05, 4.69) is 24.3 Å². The highest BCUT2D eigenvalue weighted by Gasteiger charge is 2.25. The first-order chi connectivity index (χ1) is 15.5. The SMILES string of the molecule is Cc1cc(C)n(-c2ccc(=O)n(C3CCC(NC(=O)c4ccc5nsnc5c4)CC3)n2)n1. The molecular formula is C22H23N7O2S. The van der Waals surface area contributed by atoms with E-state index in [1.807, 2.05) is 26.0 Å². The summed E-state index contributed by atoms with van der Waals surface area (Å²) in [4.78, 5) is 25.2. The van der Waals surface area contributed by atoms with Gasteiger partial charge in [-0.3, -0.25) is 9.59 Å². The van der Waals surface area contributed by atoms with Crippen molar-refractivity contribution in [2.24, 2.45) is 0 Å². The third-order valence-electron chi connectivity index (χ3n) is 5.93. The van der Waals surface area contributed by atoms with Crippen LogP contribution in [0.15, 0.2) is 41.2 Å². The summed E-state index contributed by atoms with van der Waals surface area (Å²) >= 11 is 1.14. The van der Waals surface area contributed by atoms with Crippen molar-refractivity contribution in [3.8, 4) is 5.82 Å². The Labute approximate surface area is 188 Å². The lowest BCUT2D eigenvalue weighted by Gasteiger charge is -2.29. The molecule has 9 nitrogen and oxygen atoms in total. The third kappa shape index (κ3) is 3.93. The van der Waals surface area contributed by atoms with Gasteiger partial charge in [-0.25, -0.2) is 9.36 Å². The summed E-state index contributed by atoms with van der Waals surface area (Å²) < 4.78 is 11.7. The number of benzene rings is 1. The second-order valence-electron chi connectivity index (χ2n) is 8.26. The zero-order valence-corrected chi connectivity index (χ0v) is 18.7. The van der Waals surface area contributed by atoms with E-state index in [0.29, 0.717) is 11.4 Å². The zero-order chi connectivity index (χ0) is 22.2. The molecule has 0 radical (unpaired) electrons. The van der Waals surface area contributed by atoms with Gasteiger partial charge in [-0.05, 0) is 69.9 Å². The van der Waals surface area contributed by atoms with Crippen LogP contribution in [0, 0.1) is 13.8 Å². The lowest BCUT2D eigenvalue weighted by Crippen LogP contribution is -2.39.